The molecule has 0 aliphatic rings. The standard InChI is InChI=1S/C17H38N2/c1-3-5-6-7-8-9-15-19-16-10-12-17(11-4-2)13-14-18/h17,19H,3-16,18H2,1-2H3. The Balaban J connectivity index is 3.20. The van der Waals surface area contributed by atoms with Crippen LogP contribution in [0, 0.1) is 5.92 Å². The van der Waals surface area contributed by atoms with Gasteiger partial charge in [-0.2, -0.15) is 0 Å². The van der Waals surface area contributed by atoms with Crippen LogP contribution in [-0.4, -0.2) is 19.6 Å². The number of nitrogens with two attached hydrogens (primary N) is 1. The summed E-state index contributed by atoms with van der Waals surface area (Å²) in [6.07, 6.45) is 14.9. The van der Waals surface area contributed by atoms with Gasteiger partial charge in [-0.3, -0.25) is 0 Å². The van der Waals surface area contributed by atoms with Gasteiger partial charge >= 0.3 is 0 Å². The molecule has 0 amide bonds. The Kier molecular flexibility index (Phi) is 15.9. The summed E-state index contributed by atoms with van der Waals surface area (Å²) < 4.78 is 0. The molecular weight excluding hydrogens is 232 g/mol. The van der Waals surface area contributed by atoms with Crippen molar-refractivity contribution in [3.63, 3.8) is 0 Å². The van der Waals surface area contributed by atoms with Gasteiger partial charge in [-0.05, 0) is 51.2 Å². The Morgan fingerprint density at radius 1 is 0.737 bits per heavy atom. The van der Waals surface area contributed by atoms with E-state index in [9.17, 15) is 0 Å². The van der Waals surface area contributed by atoms with E-state index >= 15 is 0 Å². The molecule has 1 atom stereocenters. The Labute approximate surface area is 121 Å². The minimum absolute atomic E-state index is 0.857. The predicted molar refractivity (Wildman–Crippen MR) is 87.5 cm³/mol. The summed E-state index contributed by atoms with van der Waals surface area (Å²) in [6, 6.07) is 0. The first-order valence-electron chi connectivity index (χ1n) is 8.75. The van der Waals surface area contributed by atoms with E-state index in [1.807, 2.05) is 0 Å². The molecule has 0 saturated heterocycles. The van der Waals surface area contributed by atoms with Crippen molar-refractivity contribution in [3.8, 4) is 0 Å². The van der Waals surface area contributed by atoms with Crippen LogP contribution in [0.1, 0.15) is 84.5 Å². The molecule has 116 valence electrons. The van der Waals surface area contributed by atoms with Crippen LogP contribution in [0.25, 0.3) is 0 Å². The monoisotopic (exact) mass is 270 g/mol. The fourth-order valence-electron chi connectivity index (χ4n) is 2.75. The van der Waals surface area contributed by atoms with Crippen LogP contribution in [0.5, 0.6) is 0 Å². The summed E-state index contributed by atoms with van der Waals surface area (Å²) in [4.78, 5) is 0. The highest BCUT2D eigenvalue weighted by Gasteiger charge is 2.05. The van der Waals surface area contributed by atoms with Crippen molar-refractivity contribution in [2.24, 2.45) is 11.7 Å². The zero-order valence-electron chi connectivity index (χ0n) is 13.6. The molecule has 0 fully saturated rings. The molecule has 0 radical (unpaired) electrons. The molecule has 0 aliphatic heterocycles. The molecule has 3 N–H and O–H groups in total. The fourth-order valence-corrected chi connectivity index (χ4v) is 2.75. The maximum absolute atomic E-state index is 5.66. The fraction of sp³-hybridized carbons (Fsp3) is 1.00. The molecule has 1 unspecified atom stereocenters. The molecule has 0 saturated carbocycles. The SMILES string of the molecule is CCCCCCCCNCCCC(CCC)CCN. The molecule has 0 aromatic heterocycles. The smallest absolute Gasteiger partial charge is 0.00488 e. The van der Waals surface area contributed by atoms with Gasteiger partial charge in [-0.25, -0.2) is 0 Å². The van der Waals surface area contributed by atoms with Crippen molar-refractivity contribution in [3.05, 3.63) is 0 Å². The van der Waals surface area contributed by atoms with Gasteiger partial charge in [0.1, 0.15) is 0 Å². The van der Waals surface area contributed by atoms with Crippen molar-refractivity contribution in [2.75, 3.05) is 19.6 Å². The highest BCUT2D eigenvalue weighted by atomic mass is 14.8. The number of nitrogens with one attached hydrogen (secondary N) is 1. The summed E-state index contributed by atoms with van der Waals surface area (Å²) in [5, 5.41) is 3.58. The molecule has 0 bridgehead atoms. The van der Waals surface area contributed by atoms with Crippen molar-refractivity contribution < 1.29 is 0 Å². The lowest BCUT2D eigenvalue weighted by Crippen LogP contribution is -2.18. The molecule has 19 heavy (non-hydrogen) atoms. The zero-order valence-corrected chi connectivity index (χ0v) is 13.6. The molecule has 0 aromatic carbocycles. The van der Waals surface area contributed by atoms with Crippen LogP contribution in [-0.2, 0) is 0 Å². The van der Waals surface area contributed by atoms with Crippen molar-refractivity contribution in [1.29, 1.82) is 0 Å². The van der Waals surface area contributed by atoms with E-state index in [0.717, 1.165) is 12.5 Å². The largest absolute Gasteiger partial charge is 0.330 e. The highest BCUT2D eigenvalue weighted by molar-refractivity contribution is 4.61. The van der Waals surface area contributed by atoms with E-state index in [-0.39, 0.29) is 0 Å². The first kappa shape index (κ1) is 18.9. The Morgan fingerprint density at radius 2 is 1.42 bits per heavy atom. The van der Waals surface area contributed by atoms with Gasteiger partial charge in [0.25, 0.3) is 0 Å². The lowest BCUT2D eigenvalue weighted by atomic mass is 9.94. The maximum atomic E-state index is 5.66. The third-order valence-corrected chi connectivity index (χ3v) is 3.94. The van der Waals surface area contributed by atoms with Crippen LogP contribution >= 0.6 is 0 Å². The normalized spacial score (nSPS) is 12.8. The maximum Gasteiger partial charge on any atom is -0.00488 e. The number of rotatable bonds is 15. The summed E-state index contributed by atoms with van der Waals surface area (Å²) in [6.45, 7) is 7.81. The van der Waals surface area contributed by atoms with E-state index in [1.54, 1.807) is 0 Å². The van der Waals surface area contributed by atoms with Gasteiger partial charge in [-0.15, -0.1) is 0 Å². The average Bonchev–Trinajstić information content (AvgIpc) is 2.41. The molecule has 0 rings (SSSR count). The van der Waals surface area contributed by atoms with Gasteiger partial charge in [0.2, 0.25) is 0 Å². The van der Waals surface area contributed by atoms with Gasteiger partial charge in [0, 0.05) is 0 Å². The second kappa shape index (κ2) is 16.0. The topological polar surface area (TPSA) is 38.0 Å². The lowest BCUT2D eigenvalue weighted by Gasteiger charge is -2.15. The van der Waals surface area contributed by atoms with Crippen molar-refractivity contribution in [1.82, 2.24) is 5.32 Å². The summed E-state index contributed by atoms with van der Waals surface area (Å²) in [5.74, 6) is 0.867. The third kappa shape index (κ3) is 14.1. The van der Waals surface area contributed by atoms with E-state index in [4.69, 9.17) is 5.73 Å². The Hall–Kier alpha value is -0.0800. The van der Waals surface area contributed by atoms with Gasteiger partial charge in [0.15, 0.2) is 0 Å². The Bertz CT molecular complexity index is 153. The summed E-state index contributed by atoms with van der Waals surface area (Å²) in [5.41, 5.74) is 5.66. The summed E-state index contributed by atoms with van der Waals surface area (Å²) >= 11 is 0. The van der Waals surface area contributed by atoms with E-state index < -0.39 is 0 Å². The quantitative estimate of drug-likeness (QED) is 0.431. The molecule has 0 aliphatic carbocycles. The number of hydrogen-bond donors (Lipinski definition) is 2. The molecule has 2 heteroatoms. The van der Waals surface area contributed by atoms with Crippen LogP contribution < -0.4 is 11.1 Å². The van der Waals surface area contributed by atoms with Crippen LogP contribution in [0.15, 0.2) is 0 Å². The number of hydrogen-bond acceptors (Lipinski definition) is 2. The van der Waals surface area contributed by atoms with Crippen molar-refractivity contribution in [2.45, 2.75) is 84.5 Å². The second-order valence-electron chi connectivity index (χ2n) is 5.89. The van der Waals surface area contributed by atoms with Crippen LogP contribution in [0.4, 0.5) is 0 Å². The van der Waals surface area contributed by atoms with Crippen LogP contribution in [0.3, 0.4) is 0 Å². The summed E-state index contributed by atoms with van der Waals surface area (Å²) in [7, 11) is 0. The Morgan fingerprint density at radius 3 is 2.11 bits per heavy atom. The molecule has 0 aromatic rings. The average molecular weight is 271 g/mol. The van der Waals surface area contributed by atoms with Gasteiger partial charge in [-0.1, -0.05) is 58.8 Å². The van der Waals surface area contributed by atoms with E-state index in [1.165, 1.54) is 83.7 Å². The first-order chi connectivity index (χ1) is 9.35. The van der Waals surface area contributed by atoms with Gasteiger partial charge in [0.05, 0.1) is 0 Å². The second-order valence-corrected chi connectivity index (χ2v) is 5.89. The minimum Gasteiger partial charge on any atom is -0.330 e. The third-order valence-electron chi connectivity index (χ3n) is 3.94. The number of unbranched alkanes of at least 4 members (excludes halogenated alkanes) is 5. The van der Waals surface area contributed by atoms with Crippen LogP contribution in [0.2, 0.25) is 0 Å². The predicted octanol–water partition coefficient (Wildman–Crippen LogP) is 4.48. The van der Waals surface area contributed by atoms with E-state index in [0.29, 0.717) is 0 Å². The highest BCUT2D eigenvalue weighted by Crippen LogP contribution is 2.16. The van der Waals surface area contributed by atoms with Gasteiger partial charge < -0.3 is 11.1 Å². The zero-order chi connectivity index (χ0) is 14.2. The first-order valence-corrected chi connectivity index (χ1v) is 8.75. The lowest BCUT2D eigenvalue weighted by molar-refractivity contribution is 0.403. The van der Waals surface area contributed by atoms with Crippen molar-refractivity contribution >= 4 is 0 Å². The molecular formula is C17H38N2. The molecule has 0 heterocycles. The van der Waals surface area contributed by atoms with E-state index in [2.05, 4.69) is 19.2 Å². The molecule has 0 spiro atoms. The minimum atomic E-state index is 0.857. The molecule has 2 nitrogen and oxygen atoms in total.